The van der Waals surface area contributed by atoms with E-state index in [1.807, 2.05) is 13.8 Å². The molecule has 0 bridgehead atoms. The van der Waals surface area contributed by atoms with Gasteiger partial charge in [-0.05, 0) is 44.4 Å². The number of hydrogen-bond donors (Lipinski definition) is 3. The number of carbonyl (C=O) groups excluding carboxylic acids is 1. The van der Waals surface area contributed by atoms with E-state index in [1.54, 1.807) is 0 Å². The lowest BCUT2D eigenvalue weighted by molar-refractivity contribution is -0.137. The van der Waals surface area contributed by atoms with Crippen LogP contribution in [0.1, 0.15) is 59.3 Å². The third kappa shape index (κ3) is 5.94. The van der Waals surface area contributed by atoms with Gasteiger partial charge in [0.15, 0.2) is 0 Å². The van der Waals surface area contributed by atoms with Crippen LogP contribution in [-0.4, -0.2) is 29.2 Å². The van der Waals surface area contributed by atoms with Crippen LogP contribution in [0.3, 0.4) is 0 Å². The predicted molar refractivity (Wildman–Crippen MR) is 74.1 cm³/mol. The number of aliphatic carboxylic acids is 1. The Morgan fingerprint density at radius 3 is 2.37 bits per heavy atom. The average molecular weight is 270 g/mol. The lowest BCUT2D eigenvalue weighted by atomic mass is 9.79. The summed E-state index contributed by atoms with van der Waals surface area (Å²) in [5, 5.41) is 14.5. The number of rotatable bonds is 7. The van der Waals surface area contributed by atoms with E-state index in [4.69, 9.17) is 5.11 Å². The number of carbonyl (C=O) groups is 2. The molecule has 1 saturated carbocycles. The lowest BCUT2D eigenvalue weighted by Crippen LogP contribution is -2.54. The Kier molecular flexibility index (Phi) is 5.20. The van der Waals surface area contributed by atoms with E-state index in [0.717, 1.165) is 19.3 Å². The summed E-state index contributed by atoms with van der Waals surface area (Å²) >= 11 is 0. The maximum atomic E-state index is 11.7. The zero-order valence-electron chi connectivity index (χ0n) is 12.2. The molecule has 0 radical (unpaired) electrons. The number of carboxylic acid groups (broad SMARTS) is 1. The van der Waals surface area contributed by atoms with Crippen LogP contribution in [0.15, 0.2) is 0 Å². The molecule has 0 aromatic heterocycles. The van der Waals surface area contributed by atoms with E-state index < -0.39 is 5.97 Å². The summed E-state index contributed by atoms with van der Waals surface area (Å²) in [5.41, 5.74) is -0.0883. The fraction of sp³-hybridized carbons (Fsp3) is 0.857. The minimum atomic E-state index is -0.767. The van der Waals surface area contributed by atoms with Crippen LogP contribution in [0.5, 0.6) is 0 Å². The number of hydrogen-bond acceptors (Lipinski definition) is 2. The summed E-state index contributed by atoms with van der Waals surface area (Å²) in [5.74, 6) is -0.767. The van der Waals surface area contributed by atoms with E-state index in [9.17, 15) is 9.59 Å². The molecule has 0 heterocycles. The number of nitrogens with one attached hydrogen (secondary N) is 2. The zero-order valence-corrected chi connectivity index (χ0v) is 12.2. The molecular weight excluding hydrogens is 244 g/mol. The predicted octanol–water partition coefficient (Wildman–Crippen LogP) is 2.51. The number of urea groups is 1. The standard InChI is InChI=1S/C14H26N2O3/c1-13(2,8-5-11(17)18)9-10-15-12(19)16-14(3)6-4-7-14/h4-10H2,1-3H3,(H,17,18)(H2,15,16,19). The molecule has 110 valence electrons. The van der Waals surface area contributed by atoms with Crippen LogP contribution in [0.2, 0.25) is 0 Å². The zero-order chi connectivity index (χ0) is 14.5. The third-order valence-electron chi connectivity index (χ3n) is 3.98. The van der Waals surface area contributed by atoms with Gasteiger partial charge < -0.3 is 15.7 Å². The molecule has 0 aromatic carbocycles. The third-order valence-corrected chi connectivity index (χ3v) is 3.98. The molecule has 0 atom stereocenters. The van der Waals surface area contributed by atoms with Crippen LogP contribution < -0.4 is 10.6 Å². The normalized spacial score (nSPS) is 17.4. The second-order valence-electron chi connectivity index (χ2n) is 6.60. The average Bonchev–Trinajstić information content (AvgIpc) is 2.24. The molecule has 19 heavy (non-hydrogen) atoms. The van der Waals surface area contributed by atoms with Crippen LogP contribution in [0, 0.1) is 5.41 Å². The highest BCUT2D eigenvalue weighted by Gasteiger charge is 2.33. The molecule has 0 aromatic rings. The van der Waals surface area contributed by atoms with Crippen molar-refractivity contribution in [2.24, 2.45) is 5.41 Å². The van der Waals surface area contributed by atoms with Gasteiger partial charge in [-0.15, -0.1) is 0 Å². The fourth-order valence-corrected chi connectivity index (χ4v) is 2.24. The van der Waals surface area contributed by atoms with Crippen LogP contribution in [-0.2, 0) is 4.79 Å². The Morgan fingerprint density at radius 1 is 1.26 bits per heavy atom. The lowest BCUT2D eigenvalue weighted by Gasteiger charge is -2.39. The molecule has 1 fully saturated rings. The molecular formula is C14H26N2O3. The minimum Gasteiger partial charge on any atom is -0.481 e. The van der Waals surface area contributed by atoms with Gasteiger partial charge in [0, 0.05) is 18.5 Å². The summed E-state index contributed by atoms with van der Waals surface area (Å²) < 4.78 is 0. The summed E-state index contributed by atoms with van der Waals surface area (Å²) in [6.45, 7) is 6.70. The first-order chi connectivity index (χ1) is 8.72. The molecule has 0 spiro atoms. The van der Waals surface area contributed by atoms with Crippen LogP contribution in [0.25, 0.3) is 0 Å². The highest BCUT2D eigenvalue weighted by atomic mass is 16.4. The summed E-state index contributed by atoms with van der Waals surface area (Å²) in [7, 11) is 0. The van der Waals surface area contributed by atoms with Crippen molar-refractivity contribution in [2.75, 3.05) is 6.54 Å². The molecule has 1 rings (SSSR count). The topological polar surface area (TPSA) is 78.4 Å². The van der Waals surface area contributed by atoms with E-state index >= 15 is 0 Å². The Labute approximate surface area is 115 Å². The number of amides is 2. The first kappa shape index (κ1) is 15.8. The van der Waals surface area contributed by atoms with Gasteiger partial charge in [-0.25, -0.2) is 4.79 Å². The smallest absolute Gasteiger partial charge is 0.315 e. The van der Waals surface area contributed by atoms with E-state index in [1.165, 1.54) is 6.42 Å². The summed E-state index contributed by atoms with van der Waals surface area (Å²) in [6, 6.07) is -0.115. The Bertz CT molecular complexity index is 336. The minimum absolute atomic E-state index is 0.0249. The van der Waals surface area contributed by atoms with E-state index in [0.29, 0.717) is 13.0 Å². The molecule has 1 aliphatic carbocycles. The SMILES string of the molecule is CC(C)(CCNC(=O)NC1(C)CCC1)CCC(=O)O. The van der Waals surface area contributed by atoms with Gasteiger partial charge >= 0.3 is 12.0 Å². The molecule has 2 amide bonds. The van der Waals surface area contributed by atoms with Crippen molar-refractivity contribution in [2.45, 2.75) is 64.8 Å². The van der Waals surface area contributed by atoms with Crippen molar-refractivity contribution in [1.82, 2.24) is 10.6 Å². The molecule has 3 N–H and O–H groups in total. The molecule has 1 aliphatic rings. The second-order valence-corrected chi connectivity index (χ2v) is 6.60. The van der Waals surface area contributed by atoms with Crippen molar-refractivity contribution in [1.29, 1.82) is 0 Å². The highest BCUT2D eigenvalue weighted by molar-refractivity contribution is 5.74. The van der Waals surface area contributed by atoms with Crippen molar-refractivity contribution < 1.29 is 14.7 Å². The quantitative estimate of drug-likeness (QED) is 0.665. The van der Waals surface area contributed by atoms with Gasteiger partial charge in [-0.2, -0.15) is 0 Å². The summed E-state index contributed by atoms with van der Waals surface area (Å²) in [4.78, 5) is 22.2. The Hall–Kier alpha value is -1.26. The second kappa shape index (κ2) is 6.26. The van der Waals surface area contributed by atoms with Crippen molar-refractivity contribution in [3.63, 3.8) is 0 Å². The molecule has 0 aliphatic heterocycles. The molecule has 0 unspecified atom stereocenters. The van der Waals surface area contributed by atoms with Gasteiger partial charge in [0.2, 0.25) is 0 Å². The van der Waals surface area contributed by atoms with Gasteiger partial charge in [0.25, 0.3) is 0 Å². The monoisotopic (exact) mass is 270 g/mol. The van der Waals surface area contributed by atoms with Gasteiger partial charge in [-0.1, -0.05) is 13.8 Å². The Morgan fingerprint density at radius 2 is 1.89 bits per heavy atom. The highest BCUT2D eigenvalue weighted by Crippen LogP contribution is 2.30. The van der Waals surface area contributed by atoms with E-state index in [2.05, 4.69) is 17.6 Å². The van der Waals surface area contributed by atoms with Crippen LogP contribution in [0.4, 0.5) is 4.79 Å². The molecule has 5 nitrogen and oxygen atoms in total. The first-order valence-corrected chi connectivity index (χ1v) is 7.00. The Balaban J connectivity index is 2.17. The van der Waals surface area contributed by atoms with Crippen molar-refractivity contribution in [3.8, 4) is 0 Å². The maximum Gasteiger partial charge on any atom is 0.315 e. The summed E-state index contributed by atoms with van der Waals surface area (Å²) in [6.07, 6.45) is 4.86. The number of carboxylic acids is 1. The first-order valence-electron chi connectivity index (χ1n) is 7.00. The van der Waals surface area contributed by atoms with Crippen LogP contribution >= 0.6 is 0 Å². The molecule has 0 saturated heterocycles. The van der Waals surface area contributed by atoms with Crippen molar-refractivity contribution in [3.05, 3.63) is 0 Å². The molecule has 5 heteroatoms. The fourth-order valence-electron chi connectivity index (χ4n) is 2.24. The maximum absolute atomic E-state index is 11.7. The van der Waals surface area contributed by atoms with Gasteiger partial charge in [0.05, 0.1) is 0 Å². The van der Waals surface area contributed by atoms with Gasteiger partial charge in [-0.3, -0.25) is 4.79 Å². The largest absolute Gasteiger partial charge is 0.481 e. The van der Waals surface area contributed by atoms with Crippen molar-refractivity contribution >= 4 is 12.0 Å². The van der Waals surface area contributed by atoms with Gasteiger partial charge in [0.1, 0.15) is 0 Å². The van der Waals surface area contributed by atoms with E-state index in [-0.39, 0.29) is 23.4 Å².